The van der Waals surface area contributed by atoms with Crippen molar-refractivity contribution in [1.29, 1.82) is 0 Å². The maximum Gasteiger partial charge on any atom is 0.178 e. The van der Waals surface area contributed by atoms with E-state index in [1.807, 2.05) is 24.3 Å². The molecule has 1 unspecified atom stereocenters. The summed E-state index contributed by atoms with van der Waals surface area (Å²) in [7, 11) is 0. The van der Waals surface area contributed by atoms with E-state index in [2.05, 4.69) is 6.08 Å². The molecule has 2 nitrogen and oxygen atoms in total. The predicted molar refractivity (Wildman–Crippen MR) is 50.7 cm³/mol. The van der Waals surface area contributed by atoms with Gasteiger partial charge >= 0.3 is 0 Å². The number of carbonyl (C=O) groups is 1. The van der Waals surface area contributed by atoms with Gasteiger partial charge in [-0.15, -0.1) is 0 Å². The van der Waals surface area contributed by atoms with E-state index in [0.717, 1.165) is 17.1 Å². The SMILES string of the molecule is O=C1[C]=CC=C2Oc3ccccc3C12. The minimum atomic E-state index is -0.254. The summed E-state index contributed by atoms with van der Waals surface area (Å²) in [5, 5.41) is 0. The molecule has 0 N–H and O–H groups in total. The van der Waals surface area contributed by atoms with Gasteiger partial charge in [0.25, 0.3) is 0 Å². The first-order valence-corrected chi connectivity index (χ1v) is 4.47. The standard InChI is InChI=1S/C12H7O2/c13-9-5-3-7-11-12(9)8-4-1-2-6-10(8)14-11/h1-4,6-7,12H. The van der Waals surface area contributed by atoms with Crippen LogP contribution >= 0.6 is 0 Å². The van der Waals surface area contributed by atoms with Crippen LogP contribution in [-0.4, -0.2) is 5.78 Å². The summed E-state index contributed by atoms with van der Waals surface area (Å²) in [6, 6.07) is 7.61. The molecule has 1 radical (unpaired) electrons. The largest absolute Gasteiger partial charge is 0.460 e. The third-order valence-corrected chi connectivity index (χ3v) is 2.48. The first-order chi connectivity index (χ1) is 6.86. The Morgan fingerprint density at radius 1 is 1.29 bits per heavy atom. The lowest BCUT2D eigenvalue weighted by molar-refractivity contribution is -0.116. The van der Waals surface area contributed by atoms with Gasteiger partial charge in [0.15, 0.2) is 5.78 Å². The third-order valence-electron chi connectivity index (χ3n) is 2.48. The lowest BCUT2D eigenvalue weighted by Gasteiger charge is -2.08. The molecule has 1 atom stereocenters. The molecule has 67 valence electrons. The molecule has 0 saturated heterocycles. The van der Waals surface area contributed by atoms with E-state index in [0.29, 0.717) is 0 Å². The van der Waals surface area contributed by atoms with Gasteiger partial charge in [-0.05, 0) is 18.2 Å². The highest BCUT2D eigenvalue weighted by atomic mass is 16.5. The average molecular weight is 183 g/mol. The summed E-state index contributed by atoms with van der Waals surface area (Å²) in [5.41, 5.74) is 0.948. The van der Waals surface area contributed by atoms with Crippen LogP contribution in [-0.2, 0) is 4.79 Å². The Morgan fingerprint density at radius 3 is 3.07 bits per heavy atom. The lowest BCUT2D eigenvalue weighted by atomic mass is 9.91. The molecule has 1 aromatic rings. The summed E-state index contributed by atoms with van der Waals surface area (Å²) < 4.78 is 5.55. The normalized spacial score (nSPS) is 22.4. The van der Waals surface area contributed by atoms with Gasteiger partial charge in [0.1, 0.15) is 17.4 Å². The number of allylic oxidation sites excluding steroid dienone is 4. The van der Waals surface area contributed by atoms with Gasteiger partial charge in [-0.1, -0.05) is 18.2 Å². The van der Waals surface area contributed by atoms with E-state index in [1.54, 1.807) is 12.2 Å². The van der Waals surface area contributed by atoms with Crippen molar-refractivity contribution in [2.45, 2.75) is 5.92 Å². The van der Waals surface area contributed by atoms with Crippen molar-refractivity contribution < 1.29 is 9.53 Å². The maximum atomic E-state index is 11.6. The second-order valence-electron chi connectivity index (χ2n) is 3.32. The molecule has 0 amide bonds. The fourth-order valence-electron chi connectivity index (χ4n) is 1.84. The summed E-state index contributed by atoms with van der Waals surface area (Å²) in [6.45, 7) is 0. The summed E-state index contributed by atoms with van der Waals surface area (Å²) >= 11 is 0. The molecule has 1 aliphatic carbocycles. The minimum Gasteiger partial charge on any atom is -0.460 e. The second-order valence-corrected chi connectivity index (χ2v) is 3.32. The van der Waals surface area contributed by atoms with Crippen LogP contribution in [0.5, 0.6) is 5.75 Å². The van der Waals surface area contributed by atoms with E-state index in [-0.39, 0.29) is 11.7 Å². The van der Waals surface area contributed by atoms with Crippen molar-refractivity contribution in [3.8, 4) is 5.75 Å². The number of Topliss-reactive ketones (excluding diaryl/α,β-unsaturated/α-hetero) is 1. The number of ketones is 1. The zero-order chi connectivity index (χ0) is 9.54. The van der Waals surface area contributed by atoms with Gasteiger partial charge in [0.05, 0.1) is 0 Å². The quantitative estimate of drug-likeness (QED) is 0.614. The predicted octanol–water partition coefficient (Wildman–Crippen LogP) is 1.99. The van der Waals surface area contributed by atoms with Crippen LogP contribution in [0.1, 0.15) is 11.5 Å². The van der Waals surface area contributed by atoms with E-state index >= 15 is 0 Å². The van der Waals surface area contributed by atoms with Crippen LogP contribution in [0.2, 0.25) is 0 Å². The zero-order valence-electron chi connectivity index (χ0n) is 7.36. The number of fused-ring (bicyclic) bond motifs is 3. The molecule has 2 heteroatoms. The van der Waals surface area contributed by atoms with Gasteiger partial charge in [-0.25, -0.2) is 0 Å². The highest BCUT2D eigenvalue weighted by Crippen LogP contribution is 2.42. The molecule has 1 aromatic carbocycles. The molecular formula is C12H7O2. The molecule has 0 fully saturated rings. The molecule has 0 spiro atoms. The summed E-state index contributed by atoms with van der Waals surface area (Å²) in [6.07, 6.45) is 6.08. The Kier molecular flexibility index (Phi) is 1.39. The number of carbonyl (C=O) groups excluding carboxylic acids is 1. The van der Waals surface area contributed by atoms with Crippen molar-refractivity contribution in [1.82, 2.24) is 0 Å². The first-order valence-electron chi connectivity index (χ1n) is 4.47. The topological polar surface area (TPSA) is 26.3 Å². The number of ether oxygens (including phenoxy) is 1. The van der Waals surface area contributed by atoms with Crippen molar-refractivity contribution in [2.24, 2.45) is 0 Å². The number of hydrogen-bond donors (Lipinski definition) is 0. The van der Waals surface area contributed by atoms with E-state index in [4.69, 9.17) is 4.74 Å². The highest BCUT2D eigenvalue weighted by molar-refractivity contribution is 5.97. The molecule has 1 heterocycles. The lowest BCUT2D eigenvalue weighted by Crippen LogP contribution is -2.12. The fraction of sp³-hybridized carbons (Fsp3) is 0.0833. The van der Waals surface area contributed by atoms with Crippen molar-refractivity contribution >= 4 is 5.78 Å². The van der Waals surface area contributed by atoms with E-state index in [9.17, 15) is 4.79 Å². The summed E-state index contributed by atoms with van der Waals surface area (Å²) in [4.78, 5) is 11.6. The van der Waals surface area contributed by atoms with Crippen LogP contribution in [0.25, 0.3) is 0 Å². The molecule has 3 rings (SSSR count). The van der Waals surface area contributed by atoms with Gasteiger partial charge in [0, 0.05) is 11.6 Å². The molecule has 2 aliphatic rings. The molecule has 1 aliphatic heterocycles. The molecular weight excluding hydrogens is 176 g/mol. The Labute approximate surface area is 81.5 Å². The Hall–Kier alpha value is -1.83. The number of para-hydroxylation sites is 1. The van der Waals surface area contributed by atoms with Crippen LogP contribution in [0.4, 0.5) is 0 Å². The van der Waals surface area contributed by atoms with Gasteiger partial charge in [-0.3, -0.25) is 4.79 Å². The fourth-order valence-corrected chi connectivity index (χ4v) is 1.84. The first kappa shape index (κ1) is 7.56. The van der Waals surface area contributed by atoms with Crippen molar-refractivity contribution in [2.75, 3.05) is 0 Å². The average Bonchev–Trinajstić information content (AvgIpc) is 2.57. The highest BCUT2D eigenvalue weighted by Gasteiger charge is 2.34. The Bertz CT molecular complexity index is 469. The zero-order valence-corrected chi connectivity index (χ0v) is 7.36. The summed E-state index contributed by atoms with van der Waals surface area (Å²) in [5.74, 6) is 1.23. The molecule has 0 bridgehead atoms. The van der Waals surface area contributed by atoms with E-state index in [1.165, 1.54) is 0 Å². The number of benzene rings is 1. The second kappa shape index (κ2) is 2.58. The van der Waals surface area contributed by atoms with Gasteiger partial charge in [0.2, 0.25) is 0 Å². The van der Waals surface area contributed by atoms with Gasteiger partial charge in [-0.2, -0.15) is 0 Å². The van der Waals surface area contributed by atoms with Crippen LogP contribution in [0.15, 0.2) is 42.2 Å². The number of hydrogen-bond acceptors (Lipinski definition) is 2. The van der Waals surface area contributed by atoms with Gasteiger partial charge < -0.3 is 4.74 Å². The van der Waals surface area contributed by atoms with Crippen molar-refractivity contribution in [3.63, 3.8) is 0 Å². The number of rotatable bonds is 0. The molecule has 14 heavy (non-hydrogen) atoms. The van der Waals surface area contributed by atoms with E-state index < -0.39 is 0 Å². The maximum absolute atomic E-state index is 11.6. The van der Waals surface area contributed by atoms with Crippen LogP contribution < -0.4 is 4.74 Å². The minimum absolute atomic E-state index is 0.0209. The Morgan fingerprint density at radius 2 is 2.14 bits per heavy atom. The third kappa shape index (κ3) is 0.880. The smallest absolute Gasteiger partial charge is 0.178 e. The van der Waals surface area contributed by atoms with Crippen LogP contribution in [0.3, 0.4) is 0 Å². The Balaban J connectivity index is 2.19. The molecule has 0 saturated carbocycles. The monoisotopic (exact) mass is 183 g/mol. The van der Waals surface area contributed by atoms with Crippen LogP contribution in [0, 0.1) is 6.08 Å². The van der Waals surface area contributed by atoms with Crippen molar-refractivity contribution in [3.05, 3.63) is 53.8 Å². The molecule has 0 aromatic heterocycles.